The third-order valence-electron chi connectivity index (χ3n) is 9.59. The number of benzene rings is 2. The maximum Gasteiger partial charge on any atom is 0.344 e. The van der Waals surface area contributed by atoms with E-state index in [-0.39, 0.29) is 45.1 Å². The number of aryl methyl sites for hydroxylation is 2. The van der Waals surface area contributed by atoms with Gasteiger partial charge in [0.15, 0.2) is 6.61 Å². The molecule has 5 rings (SSSR count). The quantitative estimate of drug-likeness (QED) is 0.0571. The number of nitrogens with zero attached hydrogens (tertiary/aromatic N) is 5. The molecule has 0 bridgehead atoms. The first-order valence-corrected chi connectivity index (χ1v) is 22.5. The van der Waals surface area contributed by atoms with Crippen LogP contribution in [0, 0.1) is 12.7 Å². The number of alkyl halides is 1. The lowest BCUT2D eigenvalue weighted by atomic mass is 9.93. The van der Waals surface area contributed by atoms with Crippen LogP contribution >= 0.6 is 34.8 Å². The predicted molar refractivity (Wildman–Crippen MR) is 248 cm³/mol. The van der Waals surface area contributed by atoms with Crippen molar-refractivity contribution >= 4 is 81.8 Å². The van der Waals surface area contributed by atoms with E-state index in [1.54, 1.807) is 12.0 Å². The Morgan fingerprint density at radius 2 is 1.63 bits per heavy atom. The Kier molecular flexibility index (Phi) is 21.5. The van der Waals surface area contributed by atoms with Crippen LogP contribution in [0.25, 0.3) is 0 Å². The van der Waals surface area contributed by atoms with Gasteiger partial charge in [0.25, 0.3) is 11.8 Å². The van der Waals surface area contributed by atoms with Gasteiger partial charge in [0.2, 0.25) is 23.1 Å². The maximum atomic E-state index is 14.5. The van der Waals surface area contributed by atoms with Gasteiger partial charge in [-0.2, -0.15) is 15.0 Å². The van der Waals surface area contributed by atoms with E-state index in [2.05, 4.69) is 38.6 Å². The van der Waals surface area contributed by atoms with Crippen LogP contribution in [-0.2, 0) is 35.1 Å². The zero-order chi connectivity index (χ0) is 46.9. The largest absolute Gasteiger partial charge is 0.480 e. The van der Waals surface area contributed by atoms with E-state index >= 15 is 0 Å². The van der Waals surface area contributed by atoms with E-state index in [1.165, 1.54) is 6.07 Å². The van der Waals surface area contributed by atoms with Gasteiger partial charge < -0.3 is 29.7 Å². The molecule has 2 aliphatic rings. The number of carbonyl (C=O) groups is 4. The molecule has 1 atom stereocenters. The van der Waals surface area contributed by atoms with E-state index in [1.807, 2.05) is 60.6 Å². The second kappa shape index (κ2) is 25.7. The van der Waals surface area contributed by atoms with Crippen molar-refractivity contribution in [2.24, 2.45) is 0 Å². The fourth-order valence-electron chi connectivity index (χ4n) is 6.77. The van der Waals surface area contributed by atoms with Crippen molar-refractivity contribution < 1.29 is 37.8 Å². The highest BCUT2D eigenvalue weighted by Gasteiger charge is 2.41. The molecular weight excluding hydrogens is 876 g/mol. The summed E-state index contributed by atoms with van der Waals surface area (Å²) >= 11 is 17.5. The van der Waals surface area contributed by atoms with E-state index in [0.717, 1.165) is 72.9 Å². The van der Waals surface area contributed by atoms with Crippen LogP contribution in [-0.4, -0.2) is 89.6 Å². The van der Waals surface area contributed by atoms with E-state index in [9.17, 15) is 23.6 Å². The lowest BCUT2D eigenvalue weighted by Gasteiger charge is -2.31. The number of carbonyl (C=O) groups excluding carboxylic acids is 4. The lowest BCUT2D eigenvalue weighted by molar-refractivity contribution is -0.146. The summed E-state index contributed by atoms with van der Waals surface area (Å²) in [5.41, 5.74) is 3.78. The van der Waals surface area contributed by atoms with Gasteiger partial charge in [0.1, 0.15) is 17.4 Å². The van der Waals surface area contributed by atoms with Crippen LogP contribution in [0.4, 0.5) is 27.7 Å². The van der Waals surface area contributed by atoms with Crippen molar-refractivity contribution in [3.63, 3.8) is 0 Å². The van der Waals surface area contributed by atoms with Gasteiger partial charge in [-0.3, -0.25) is 14.4 Å². The molecule has 1 aliphatic heterocycles. The van der Waals surface area contributed by atoms with Crippen molar-refractivity contribution in [3.8, 4) is 5.75 Å². The zero-order valence-electron chi connectivity index (χ0n) is 37.8. The number of amides is 3. The fraction of sp³-hybridized carbons (Fsp3) is 0.533. The summed E-state index contributed by atoms with van der Waals surface area (Å²) in [6.45, 7) is 17.3. The average Bonchev–Trinajstić information content (AvgIpc) is 3.48. The number of halogens is 4. The molecule has 63 heavy (non-hydrogen) atoms. The minimum Gasteiger partial charge on any atom is -0.480 e. The SMILES string of the molecule is CCCCCOC(=O)COc1cc(N2C(=O)C3=C(CCCC3)C2=O)c(F)cc1Cl.CCNc1nc(Cl)nc(NC(C)(C)C)n1.CCc1cccc(C)c1N(C(=O)CCl)C(C)COC. The van der Waals surface area contributed by atoms with Crippen LogP contribution in [0.2, 0.25) is 10.3 Å². The Morgan fingerprint density at radius 3 is 2.21 bits per heavy atom. The summed E-state index contributed by atoms with van der Waals surface area (Å²) in [6, 6.07) is 8.19. The second-order valence-corrected chi connectivity index (χ2v) is 16.9. The number of esters is 1. The summed E-state index contributed by atoms with van der Waals surface area (Å²) < 4.78 is 30.1. The average molecular weight is 937 g/mol. The molecule has 2 aromatic carbocycles. The summed E-state index contributed by atoms with van der Waals surface area (Å²) in [4.78, 5) is 64.0. The Morgan fingerprint density at radius 1 is 0.984 bits per heavy atom. The molecule has 0 saturated carbocycles. The first-order valence-electron chi connectivity index (χ1n) is 21.2. The molecule has 14 nitrogen and oxygen atoms in total. The molecule has 0 fully saturated rings. The Bertz CT molecular complexity index is 2050. The summed E-state index contributed by atoms with van der Waals surface area (Å²) in [7, 11) is 1.64. The van der Waals surface area contributed by atoms with E-state index in [0.29, 0.717) is 49.1 Å². The number of rotatable bonds is 17. The maximum absolute atomic E-state index is 14.5. The van der Waals surface area contributed by atoms with Gasteiger partial charge in [-0.25, -0.2) is 14.1 Å². The minimum absolute atomic E-state index is 0.000883. The smallest absolute Gasteiger partial charge is 0.344 e. The summed E-state index contributed by atoms with van der Waals surface area (Å²) in [5.74, 6) is -1.54. The number of nitrogens with one attached hydrogen (secondary N) is 2. The molecule has 2 heterocycles. The number of anilines is 4. The highest BCUT2D eigenvalue weighted by molar-refractivity contribution is 6.34. The molecule has 18 heteroatoms. The number of ether oxygens (including phenoxy) is 3. The predicted octanol–water partition coefficient (Wildman–Crippen LogP) is 9.67. The number of hydrogen-bond acceptors (Lipinski definition) is 12. The van der Waals surface area contributed by atoms with E-state index in [4.69, 9.17) is 49.0 Å². The normalized spacial score (nSPS) is 13.9. The van der Waals surface area contributed by atoms with Gasteiger partial charge in [-0.1, -0.05) is 56.5 Å². The molecule has 0 saturated heterocycles. The van der Waals surface area contributed by atoms with Crippen LogP contribution in [0.5, 0.6) is 5.75 Å². The zero-order valence-corrected chi connectivity index (χ0v) is 40.0. The van der Waals surface area contributed by atoms with E-state index < -0.39 is 30.2 Å². The third kappa shape index (κ3) is 15.6. The van der Waals surface area contributed by atoms with Gasteiger partial charge in [-0.15, -0.1) is 11.6 Å². The Hall–Kier alpha value is -4.57. The molecule has 2 N–H and O–H groups in total. The molecule has 346 valence electrons. The molecule has 3 amide bonds. The van der Waals surface area contributed by atoms with Crippen molar-refractivity contribution in [2.75, 3.05) is 59.8 Å². The summed E-state index contributed by atoms with van der Waals surface area (Å²) in [5, 5.41) is 6.24. The standard InChI is InChI=1S/C21H23ClFNO5.C15H22ClNO2.C9H16ClN5/c1-2-3-6-9-28-19(25)12-29-18-11-17(16(23)10-15(18)22)24-20(26)13-7-4-5-8-14(13)21(24)27;1-5-13-8-6-7-11(2)15(13)17(14(18)9-16)12(3)10-19-4;1-5-11-7-12-6(10)13-8(14-7)15-9(2,3)4/h10-11H,2-9,12H2,1H3;6-8,12H,5,9-10H2,1-4H3;5H2,1-4H3,(H2,11,12,13,14,15). The molecule has 3 aromatic rings. The first kappa shape index (κ1) is 52.8. The minimum atomic E-state index is -0.814. The van der Waals surface area contributed by atoms with Crippen LogP contribution in [0.3, 0.4) is 0 Å². The fourth-order valence-corrected chi connectivity index (χ4v) is 7.27. The van der Waals surface area contributed by atoms with Crippen molar-refractivity contribution in [2.45, 2.75) is 118 Å². The van der Waals surface area contributed by atoms with Crippen molar-refractivity contribution in [3.05, 3.63) is 68.7 Å². The number of unbranched alkanes of at least 4 members (excludes halogenated alkanes) is 2. The van der Waals surface area contributed by atoms with Crippen molar-refractivity contribution in [1.29, 1.82) is 0 Å². The highest BCUT2D eigenvalue weighted by atomic mass is 35.5. The molecular formula is C45H61Cl3FN7O7. The Labute approximate surface area is 385 Å². The van der Waals surface area contributed by atoms with Gasteiger partial charge in [-0.05, 0) is 109 Å². The van der Waals surface area contributed by atoms with Crippen LogP contribution in [0.1, 0.15) is 105 Å². The molecule has 1 aromatic heterocycles. The topological polar surface area (TPSA) is 165 Å². The summed E-state index contributed by atoms with van der Waals surface area (Å²) in [6.07, 6.45) is 6.28. The second-order valence-electron chi connectivity index (χ2n) is 15.9. The molecule has 0 radical (unpaired) electrons. The van der Waals surface area contributed by atoms with Crippen LogP contribution in [0.15, 0.2) is 41.5 Å². The van der Waals surface area contributed by atoms with Gasteiger partial charge >= 0.3 is 5.97 Å². The van der Waals surface area contributed by atoms with Crippen molar-refractivity contribution in [1.82, 2.24) is 15.0 Å². The number of aromatic nitrogens is 3. The molecule has 1 aliphatic carbocycles. The number of para-hydroxylation sites is 1. The first-order chi connectivity index (χ1) is 29.9. The van der Waals surface area contributed by atoms with Gasteiger partial charge in [0.05, 0.1) is 35.7 Å². The highest BCUT2D eigenvalue weighted by Crippen LogP contribution is 2.39. The number of hydrogen-bond donors (Lipinski definition) is 2. The number of imide groups is 1. The molecule has 0 spiro atoms. The third-order valence-corrected chi connectivity index (χ3v) is 10.3. The van der Waals surface area contributed by atoms with Crippen LogP contribution < -0.4 is 25.2 Å². The lowest BCUT2D eigenvalue weighted by Crippen LogP contribution is -2.43. The number of methoxy groups -OCH3 is 1. The Balaban J connectivity index is 0.000000269. The monoisotopic (exact) mass is 935 g/mol. The molecule has 1 unspecified atom stereocenters. The van der Waals surface area contributed by atoms with Gasteiger partial charge in [0, 0.05) is 36.4 Å².